The average molecular weight is 372 g/mol. The van der Waals surface area contributed by atoms with Gasteiger partial charge in [0.05, 0.1) is 25.0 Å². The van der Waals surface area contributed by atoms with E-state index >= 15 is 0 Å². The number of carbonyl (C=O) groups is 1. The normalized spacial score (nSPS) is 10.8. The largest absolute Gasteiger partial charge is 0.497 e. The fourth-order valence-corrected chi connectivity index (χ4v) is 3.36. The molecule has 0 radical (unpaired) electrons. The van der Waals surface area contributed by atoms with Crippen LogP contribution in [0.2, 0.25) is 0 Å². The Bertz CT molecular complexity index is 936. The summed E-state index contributed by atoms with van der Waals surface area (Å²) in [5.74, 6) is 1.69. The summed E-state index contributed by atoms with van der Waals surface area (Å²) in [6.45, 7) is 3.88. The van der Waals surface area contributed by atoms with E-state index < -0.39 is 0 Å². The maximum absolute atomic E-state index is 12.6. The first-order valence-corrected chi connectivity index (χ1v) is 8.92. The number of methoxy groups -OCH3 is 2. The van der Waals surface area contributed by atoms with E-state index in [0.717, 1.165) is 4.70 Å². The molecule has 6 nitrogen and oxygen atoms in total. The van der Waals surface area contributed by atoms with Gasteiger partial charge in [-0.3, -0.25) is 10.1 Å². The summed E-state index contributed by atoms with van der Waals surface area (Å²) < 4.78 is 17.1. The minimum Gasteiger partial charge on any atom is -0.497 e. The molecule has 2 aromatic carbocycles. The Balaban J connectivity index is 1.85. The van der Waals surface area contributed by atoms with Gasteiger partial charge in [-0.15, -0.1) is 0 Å². The summed E-state index contributed by atoms with van der Waals surface area (Å²) in [6.07, 6.45) is 0.0417. The van der Waals surface area contributed by atoms with Crippen LogP contribution < -0.4 is 19.5 Å². The molecule has 1 N–H and O–H groups in total. The molecule has 0 bridgehead atoms. The standard InChI is InChI=1S/C19H20N2O4S/c1-11(2)25-13-7-5-6-12(8-13)18(22)21-19-20-17-15(24-4)9-14(23-3)10-16(17)26-19/h5-11H,1-4H3,(H,20,21,22). The number of amides is 1. The Morgan fingerprint density at radius 1 is 1.12 bits per heavy atom. The van der Waals surface area contributed by atoms with E-state index in [1.165, 1.54) is 11.3 Å². The number of rotatable bonds is 6. The van der Waals surface area contributed by atoms with Crippen molar-refractivity contribution in [3.8, 4) is 17.2 Å². The fourth-order valence-electron chi connectivity index (χ4n) is 2.45. The lowest BCUT2D eigenvalue weighted by Gasteiger charge is -2.10. The highest BCUT2D eigenvalue weighted by Gasteiger charge is 2.14. The fraction of sp³-hybridized carbons (Fsp3) is 0.263. The van der Waals surface area contributed by atoms with Crippen LogP contribution in [-0.2, 0) is 0 Å². The van der Waals surface area contributed by atoms with Gasteiger partial charge in [0, 0.05) is 11.6 Å². The molecule has 0 fully saturated rings. The van der Waals surface area contributed by atoms with E-state index in [4.69, 9.17) is 14.2 Å². The van der Waals surface area contributed by atoms with Crippen molar-refractivity contribution >= 4 is 32.6 Å². The minimum atomic E-state index is -0.246. The number of hydrogen-bond acceptors (Lipinski definition) is 6. The zero-order chi connectivity index (χ0) is 18.7. The van der Waals surface area contributed by atoms with Gasteiger partial charge in [0.25, 0.3) is 5.91 Å². The highest BCUT2D eigenvalue weighted by molar-refractivity contribution is 7.22. The molecule has 3 rings (SSSR count). The van der Waals surface area contributed by atoms with E-state index in [2.05, 4.69) is 10.3 Å². The van der Waals surface area contributed by atoms with Gasteiger partial charge in [-0.25, -0.2) is 4.98 Å². The van der Waals surface area contributed by atoms with Crippen molar-refractivity contribution in [3.05, 3.63) is 42.0 Å². The van der Waals surface area contributed by atoms with Crippen LogP contribution >= 0.6 is 11.3 Å². The molecule has 0 atom stereocenters. The maximum Gasteiger partial charge on any atom is 0.257 e. The molecule has 0 saturated carbocycles. The van der Waals surface area contributed by atoms with Crippen LogP contribution in [0.1, 0.15) is 24.2 Å². The molecular weight excluding hydrogens is 352 g/mol. The first-order valence-electron chi connectivity index (χ1n) is 8.10. The average Bonchev–Trinajstić information content (AvgIpc) is 3.02. The molecule has 1 aromatic heterocycles. The molecule has 3 aromatic rings. The molecule has 0 aliphatic carbocycles. The molecule has 26 heavy (non-hydrogen) atoms. The highest BCUT2D eigenvalue weighted by atomic mass is 32.1. The van der Waals surface area contributed by atoms with Crippen LogP contribution in [0.4, 0.5) is 5.13 Å². The van der Waals surface area contributed by atoms with Crippen LogP contribution in [0.25, 0.3) is 10.2 Å². The van der Waals surface area contributed by atoms with E-state index in [0.29, 0.717) is 33.5 Å². The number of nitrogens with zero attached hydrogens (tertiary/aromatic N) is 1. The number of nitrogens with one attached hydrogen (secondary N) is 1. The Kier molecular flexibility index (Phi) is 5.27. The maximum atomic E-state index is 12.6. The molecule has 136 valence electrons. The Labute approximate surface area is 155 Å². The van der Waals surface area contributed by atoms with Crippen molar-refractivity contribution in [1.29, 1.82) is 0 Å². The molecule has 7 heteroatoms. The quantitative estimate of drug-likeness (QED) is 0.696. The third-order valence-corrected chi connectivity index (χ3v) is 4.50. The second-order valence-corrected chi connectivity index (χ2v) is 6.87. The number of fused-ring (bicyclic) bond motifs is 1. The molecule has 0 unspecified atom stereocenters. The summed E-state index contributed by atoms with van der Waals surface area (Å²) >= 11 is 1.36. The van der Waals surface area contributed by atoms with Crippen molar-refractivity contribution in [2.45, 2.75) is 20.0 Å². The monoisotopic (exact) mass is 372 g/mol. The molecule has 0 aliphatic rings. The third kappa shape index (κ3) is 3.88. The summed E-state index contributed by atoms with van der Waals surface area (Å²) in [5.41, 5.74) is 1.19. The second-order valence-electron chi connectivity index (χ2n) is 5.84. The van der Waals surface area contributed by atoms with Gasteiger partial charge in [0.15, 0.2) is 5.13 Å². The zero-order valence-corrected chi connectivity index (χ0v) is 15.8. The van der Waals surface area contributed by atoms with Crippen molar-refractivity contribution in [2.75, 3.05) is 19.5 Å². The Hall–Kier alpha value is -2.80. The number of thiazole rings is 1. The summed E-state index contributed by atoms with van der Waals surface area (Å²) in [6, 6.07) is 10.7. The number of benzene rings is 2. The Morgan fingerprint density at radius 2 is 1.92 bits per heavy atom. The van der Waals surface area contributed by atoms with Crippen LogP contribution in [0.3, 0.4) is 0 Å². The minimum absolute atomic E-state index is 0.0417. The number of carbonyl (C=O) groups excluding carboxylic acids is 1. The predicted molar refractivity (Wildman–Crippen MR) is 103 cm³/mol. The topological polar surface area (TPSA) is 69.7 Å². The number of aromatic nitrogens is 1. The van der Waals surface area contributed by atoms with Crippen molar-refractivity contribution in [1.82, 2.24) is 4.98 Å². The van der Waals surface area contributed by atoms with E-state index in [1.54, 1.807) is 38.5 Å². The molecule has 0 spiro atoms. The molecule has 1 amide bonds. The Morgan fingerprint density at radius 3 is 2.62 bits per heavy atom. The van der Waals surface area contributed by atoms with Crippen LogP contribution in [0, 0.1) is 0 Å². The molecule has 1 heterocycles. The van der Waals surface area contributed by atoms with Crippen molar-refractivity contribution in [3.63, 3.8) is 0 Å². The van der Waals surface area contributed by atoms with E-state index in [1.807, 2.05) is 26.0 Å². The lowest BCUT2D eigenvalue weighted by molar-refractivity contribution is 0.102. The summed E-state index contributed by atoms with van der Waals surface area (Å²) in [4.78, 5) is 17.0. The third-order valence-electron chi connectivity index (χ3n) is 3.58. The zero-order valence-electron chi connectivity index (χ0n) is 15.0. The molecular formula is C19H20N2O4S. The number of anilines is 1. The van der Waals surface area contributed by atoms with Crippen LogP contribution in [-0.4, -0.2) is 31.2 Å². The first kappa shape index (κ1) is 18.0. The smallest absolute Gasteiger partial charge is 0.257 e. The number of hydrogen-bond donors (Lipinski definition) is 1. The highest BCUT2D eigenvalue weighted by Crippen LogP contribution is 2.36. The SMILES string of the molecule is COc1cc(OC)c2nc(NC(=O)c3cccc(OC(C)C)c3)sc2c1. The van der Waals surface area contributed by atoms with Crippen LogP contribution in [0.15, 0.2) is 36.4 Å². The van der Waals surface area contributed by atoms with Crippen LogP contribution in [0.5, 0.6) is 17.2 Å². The van der Waals surface area contributed by atoms with Gasteiger partial charge in [-0.2, -0.15) is 0 Å². The van der Waals surface area contributed by atoms with Gasteiger partial charge in [0.2, 0.25) is 0 Å². The predicted octanol–water partition coefficient (Wildman–Crippen LogP) is 4.35. The van der Waals surface area contributed by atoms with Gasteiger partial charge in [-0.1, -0.05) is 17.4 Å². The summed E-state index contributed by atoms with van der Waals surface area (Å²) in [7, 11) is 3.17. The molecule has 0 aliphatic heterocycles. The van der Waals surface area contributed by atoms with E-state index in [9.17, 15) is 4.79 Å². The van der Waals surface area contributed by atoms with Gasteiger partial charge in [-0.05, 0) is 38.1 Å². The van der Waals surface area contributed by atoms with Crippen molar-refractivity contribution < 1.29 is 19.0 Å². The lowest BCUT2D eigenvalue weighted by atomic mass is 10.2. The van der Waals surface area contributed by atoms with Crippen molar-refractivity contribution in [2.24, 2.45) is 0 Å². The number of ether oxygens (including phenoxy) is 3. The first-order chi connectivity index (χ1) is 12.5. The lowest BCUT2D eigenvalue weighted by Crippen LogP contribution is -2.12. The summed E-state index contributed by atoms with van der Waals surface area (Å²) in [5, 5.41) is 3.33. The van der Waals surface area contributed by atoms with Gasteiger partial charge < -0.3 is 14.2 Å². The van der Waals surface area contributed by atoms with Gasteiger partial charge in [0.1, 0.15) is 22.8 Å². The van der Waals surface area contributed by atoms with E-state index in [-0.39, 0.29) is 12.0 Å². The molecule has 0 saturated heterocycles. The van der Waals surface area contributed by atoms with Gasteiger partial charge >= 0.3 is 0 Å². The second kappa shape index (κ2) is 7.61.